The molecule has 1 aliphatic heterocycles. The zero-order chi connectivity index (χ0) is 15.8. The van der Waals surface area contributed by atoms with Crippen LogP contribution in [0.4, 0.5) is 0 Å². The smallest absolute Gasteiger partial charge is 0.302 e. The van der Waals surface area contributed by atoms with Crippen molar-refractivity contribution in [3.63, 3.8) is 0 Å². The van der Waals surface area contributed by atoms with Gasteiger partial charge in [0.25, 0.3) is 0 Å². The molecule has 0 N–H and O–H groups in total. The van der Waals surface area contributed by atoms with E-state index < -0.39 is 24.0 Å². The average molecular weight is 300 g/mol. The van der Waals surface area contributed by atoms with Crippen LogP contribution in [0, 0.1) is 11.8 Å². The number of esters is 3. The standard InChI is InChI=1S/C14H20O7/c1-9(15)19-6-12-4-5-18-14(8-21-11(3)17)13(12)7-20-10(2)16/h4-5,12-14H,6-8H2,1-3H3/t12-,13-,14+/m0/s1. The van der Waals surface area contributed by atoms with Gasteiger partial charge in [-0.25, -0.2) is 0 Å². The Kier molecular flexibility index (Phi) is 6.71. The first-order valence-electron chi connectivity index (χ1n) is 6.62. The molecule has 0 spiro atoms. The van der Waals surface area contributed by atoms with E-state index in [9.17, 15) is 14.4 Å². The molecule has 0 aromatic heterocycles. The maximum absolute atomic E-state index is 11.0. The highest BCUT2D eigenvalue weighted by Crippen LogP contribution is 2.26. The Hall–Kier alpha value is -2.05. The summed E-state index contributed by atoms with van der Waals surface area (Å²) in [7, 11) is 0. The average Bonchev–Trinajstić information content (AvgIpc) is 2.40. The zero-order valence-corrected chi connectivity index (χ0v) is 12.4. The summed E-state index contributed by atoms with van der Waals surface area (Å²) in [6.45, 7) is 4.22. The summed E-state index contributed by atoms with van der Waals surface area (Å²) in [5, 5.41) is 0. The molecule has 0 aromatic rings. The second-order valence-corrected chi connectivity index (χ2v) is 4.74. The second-order valence-electron chi connectivity index (χ2n) is 4.74. The molecule has 0 unspecified atom stereocenters. The number of carbonyl (C=O) groups excluding carboxylic acids is 3. The van der Waals surface area contributed by atoms with Crippen LogP contribution < -0.4 is 0 Å². The summed E-state index contributed by atoms with van der Waals surface area (Å²) >= 11 is 0. The van der Waals surface area contributed by atoms with Gasteiger partial charge in [0.05, 0.1) is 19.5 Å². The van der Waals surface area contributed by atoms with Crippen LogP contribution in [0.2, 0.25) is 0 Å². The third-order valence-corrected chi connectivity index (χ3v) is 3.02. The molecular formula is C14H20O7. The molecule has 0 saturated heterocycles. The van der Waals surface area contributed by atoms with Crippen molar-refractivity contribution in [2.45, 2.75) is 26.9 Å². The van der Waals surface area contributed by atoms with E-state index >= 15 is 0 Å². The summed E-state index contributed by atoms with van der Waals surface area (Å²) in [5.41, 5.74) is 0. The fourth-order valence-corrected chi connectivity index (χ4v) is 1.97. The van der Waals surface area contributed by atoms with Crippen molar-refractivity contribution in [1.29, 1.82) is 0 Å². The summed E-state index contributed by atoms with van der Waals surface area (Å²) in [6.07, 6.45) is 2.76. The monoisotopic (exact) mass is 300 g/mol. The van der Waals surface area contributed by atoms with Gasteiger partial charge in [-0.1, -0.05) is 0 Å². The van der Waals surface area contributed by atoms with Gasteiger partial charge in [0, 0.05) is 32.6 Å². The molecule has 0 aromatic carbocycles. The quantitative estimate of drug-likeness (QED) is 0.530. The van der Waals surface area contributed by atoms with E-state index in [4.69, 9.17) is 18.9 Å². The molecule has 7 nitrogen and oxygen atoms in total. The summed E-state index contributed by atoms with van der Waals surface area (Å²) in [5.74, 6) is -1.67. The third-order valence-electron chi connectivity index (χ3n) is 3.02. The molecule has 3 atom stereocenters. The number of ether oxygens (including phenoxy) is 4. The van der Waals surface area contributed by atoms with Gasteiger partial charge in [-0.3, -0.25) is 14.4 Å². The zero-order valence-electron chi connectivity index (χ0n) is 12.4. The van der Waals surface area contributed by atoms with Crippen molar-refractivity contribution >= 4 is 17.9 Å². The normalized spacial score (nSPS) is 23.9. The third kappa shape index (κ3) is 6.29. The Balaban J connectivity index is 2.70. The first kappa shape index (κ1) is 17.0. The van der Waals surface area contributed by atoms with E-state index in [1.807, 2.05) is 0 Å². The highest BCUT2D eigenvalue weighted by atomic mass is 16.6. The Bertz CT molecular complexity index is 416. The first-order valence-corrected chi connectivity index (χ1v) is 6.62. The van der Waals surface area contributed by atoms with E-state index in [2.05, 4.69) is 0 Å². The topological polar surface area (TPSA) is 88.1 Å². The minimum absolute atomic E-state index is 0.0438. The van der Waals surface area contributed by atoms with Crippen LogP contribution >= 0.6 is 0 Å². The van der Waals surface area contributed by atoms with Crippen molar-refractivity contribution in [3.05, 3.63) is 12.3 Å². The minimum Gasteiger partial charge on any atom is -0.494 e. The molecular weight excluding hydrogens is 280 g/mol. The lowest BCUT2D eigenvalue weighted by Crippen LogP contribution is -2.40. The van der Waals surface area contributed by atoms with Crippen LogP contribution in [-0.2, 0) is 33.3 Å². The molecule has 21 heavy (non-hydrogen) atoms. The fourth-order valence-electron chi connectivity index (χ4n) is 1.97. The van der Waals surface area contributed by atoms with Crippen LogP contribution in [-0.4, -0.2) is 43.8 Å². The van der Waals surface area contributed by atoms with Gasteiger partial charge in [-0.15, -0.1) is 0 Å². The van der Waals surface area contributed by atoms with Crippen LogP contribution in [0.15, 0.2) is 12.3 Å². The van der Waals surface area contributed by atoms with Gasteiger partial charge in [-0.2, -0.15) is 0 Å². The van der Waals surface area contributed by atoms with Gasteiger partial charge in [-0.05, 0) is 6.08 Å². The molecule has 1 rings (SSSR count). The lowest BCUT2D eigenvalue weighted by atomic mass is 9.87. The van der Waals surface area contributed by atoms with Crippen LogP contribution in [0.5, 0.6) is 0 Å². The molecule has 1 aliphatic rings. The number of hydrogen-bond donors (Lipinski definition) is 0. The molecule has 1 heterocycles. The molecule has 0 radical (unpaired) electrons. The van der Waals surface area contributed by atoms with Crippen LogP contribution in [0.1, 0.15) is 20.8 Å². The van der Waals surface area contributed by atoms with E-state index in [-0.39, 0.29) is 31.7 Å². The molecule has 0 saturated carbocycles. The highest BCUT2D eigenvalue weighted by Gasteiger charge is 2.34. The molecule has 0 amide bonds. The minimum atomic E-state index is -0.459. The van der Waals surface area contributed by atoms with Gasteiger partial charge in [0.1, 0.15) is 12.7 Å². The number of hydrogen-bond acceptors (Lipinski definition) is 7. The highest BCUT2D eigenvalue weighted by molar-refractivity contribution is 5.66. The fraction of sp³-hybridized carbons (Fsp3) is 0.643. The Morgan fingerprint density at radius 2 is 1.43 bits per heavy atom. The predicted molar refractivity (Wildman–Crippen MR) is 70.9 cm³/mol. The first-order chi connectivity index (χ1) is 9.90. The predicted octanol–water partition coefficient (Wildman–Crippen LogP) is 0.821. The van der Waals surface area contributed by atoms with E-state index in [0.29, 0.717) is 0 Å². The van der Waals surface area contributed by atoms with Crippen LogP contribution in [0.25, 0.3) is 0 Å². The summed E-state index contributed by atoms with van der Waals surface area (Å²) in [4.78, 5) is 32.8. The van der Waals surface area contributed by atoms with E-state index in [1.54, 1.807) is 6.08 Å². The lowest BCUT2D eigenvalue weighted by molar-refractivity contribution is -0.154. The maximum Gasteiger partial charge on any atom is 0.302 e. The Morgan fingerprint density at radius 1 is 0.905 bits per heavy atom. The second kappa shape index (κ2) is 8.28. The van der Waals surface area contributed by atoms with Gasteiger partial charge < -0.3 is 18.9 Å². The van der Waals surface area contributed by atoms with Crippen molar-refractivity contribution < 1.29 is 33.3 Å². The van der Waals surface area contributed by atoms with Crippen molar-refractivity contribution in [2.24, 2.45) is 11.8 Å². The molecule has 118 valence electrons. The lowest BCUT2D eigenvalue weighted by Gasteiger charge is -2.33. The Labute approximate surface area is 123 Å². The summed E-state index contributed by atoms with van der Waals surface area (Å²) in [6, 6.07) is 0. The molecule has 7 heteroatoms. The van der Waals surface area contributed by atoms with Crippen LogP contribution in [0.3, 0.4) is 0 Å². The van der Waals surface area contributed by atoms with E-state index in [0.717, 1.165) is 0 Å². The van der Waals surface area contributed by atoms with Crippen molar-refractivity contribution in [3.8, 4) is 0 Å². The van der Waals surface area contributed by atoms with E-state index in [1.165, 1.54) is 27.0 Å². The van der Waals surface area contributed by atoms with Gasteiger partial charge >= 0.3 is 17.9 Å². The van der Waals surface area contributed by atoms with Gasteiger partial charge in [0.2, 0.25) is 0 Å². The molecule has 0 fully saturated rings. The Morgan fingerprint density at radius 3 is 2.00 bits per heavy atom. The summed E-state index contributed by atoms with van der Waals surface area (Å²) < 4.78 is 20.4. The SMILES string of the molecule is CC(=O)OC[C@H]1[C@H](COC(C)=O)C=CO[C@@H]1COC(C)=O. The largest absolute Gasteiger partial charge is 0.494 e. The maximum atomic E-state index is 11.0. The van der Waals surface area contributed by atoms with Crippen molar-refractivity contribution in [2.75, 3.05) is 19.8 Å². The van der Waals surface area contributed by atoms with Gasteiger partial charge in [0.15, 0.2) is 0 Å². The number of rotatable bonds is 6. The molecule has 0 aliphatic carbocycles. The number of carbonyl (C=O) groups is 3. The molecule has 0 bridgehead atoms. The van der Waals surface area contributed by atoms with Crippen molar-refractivity contribution in [1.82, 2.24) is 0 Å².